The summed E-state index contributed by atoms with van der Waals surface area (Å²) in [6.45, 7) is 1.28. The minimum atomic E-state index is -3.92. The molecule has 2 N–H and O–H groups in total. The third-order valence-electron chi connectivity index (χ3n) is 4.70. The summed E-state index contributed by atoms with van der Waals surface area (Å²) >= 11 is 18.0. The highest BCUT2D eigenvalue weighted by Crippen LogP contribution is 2.35. The monoisotopic (exact) mass is 575 g/mol. The van der Waals surface area contributed by atoms with Gasteiger partial charge in [0, 0.05) is 11.4 Å². The fourth-order valence-electron chi connectivity index (χ4n) is 2.97. The van der Waals surface area contributed by atoms with E-state index >= 15 is 0 Å². The van der Waals surface area contributed by atoms with E-state index in [1.54, 1.807) is 24.3 Å². The maximum Gasteiger partial charge on any atom is 0.261 e. The number of hydrogen-bond acceptors (Lipinski definition) is 5. The molecule has 0 heterocycles. The van der Waals surface area contributed by atoms with Crippen molar-refractivity contribution in [2.24, 2.45) is 0 Å². The number of amides is 1. The summed E-state index contributed by atoms with van der Waals surface area (Å²) in [6.07, 6.45) is 0.916. The Labute approximate surface area is 218 Å². The SMILES string of the molecule is Cc1ccc(NS(=O)(=O)c2ccc(NC(=O)CN(c3cc(Cl)c(Cl)cc3Cl)S(C)(=O)=O)cc2)cc1. The molecular formula is C22H20Cl3N3O5S2. The first-order chi connectivity index (χ1) is 16.3. The van der Waals surface area contributed by atoms with E-state index in [9.17, 15) is 21.6 Å². The van der Waals surface area contributed by atoms with E-state index in [0.29, 0.717) is 5.69 Å². The zero-order valence-electron chi connectivity index (χ0n) is 18.4. The highest BCUT2D eigenvalue weighted by atomic mass is 35.5. The molecule has 0 atom stereocenters. The Morgan fingerprint density at radius 3 is 1.94 bits per heavy atom. The summed E-state index contributed by atoms with van der Waals surface area (Å²) in [5, 5.41) is 2.72. The van der Waals surface area contributed by atoms with Crippen LogP contribution in [0.1, 0.15) is 5.56 Å². The fraction of sp³-hybridized carbons (Fsp3) is 0.136. The number of rotatable bonds is 8. The van der Waals surface area contributed by atoms with Crippen LogP contribution in [-0.4, -0.2) is 35.5 Å². The molecule has 0 saturated carbocycles. The number of nitrogens with one attached hydrogen (secondary N) is 2. The van der Waals surface area contributed by atoms with Gasteiger partial charge < -0.3 is 5.32 Å². The topological polar surface area (TPSA) is 113 Å². The summed E-state index contributed by atoms with van der Waals surface area (Å²) in [5.74, 6) is -0.689. The molecule has 0 unspecified atom stereocenters. The molecule has 0 aromatic heterocycles. The Morgan fingerprint density at radius 1 is 0.829 bits per heavy atom. The molecule has 35 heavy (non-hydrogen) atoms. The van der Waals surface area contributed by atoms with Crippen molar-refractivity contribution in [2.45, 2.75) is 11.8 Å². The summed E-state index contributed by atoms with van der Waals surface area (Å²) in [5.41, 5.74) is 1.65. The number of halogens is 3. The van der Waals surface area contributed by atoms with Crippen LogP contribution in [0.15, 0.2) is 65.6 Å². The number of hydrogen-bond donors (Lipinski definition) is 2. The lowest BCUT2D eigenvalue weighted by molar-refractivity contribution is -0.114. The van der Waals surface area contributed by atoms with E-state index in [1.807, 2.05) is 6.92 Å². The van der Waals surface area contributed by atoms with Gasteiger partial charge in [0.15, 0.2) is 0 Å². The minimum Gasteiger partial charge on any atom is -0.325 e. The van der Waals surface area contributed by atoms with Gasteiger partial charge in [-0.2, -0.15) is 0 Å². The van der Waals surface area contributed by atoms with Crippen molar-refractivity contribution < 1.29 is 21.6 Å². The number of anilines is 3. The zero-order chi connectivity index (χ0) is 26.0. The van der Waals surface area contributed by atoms with E-state index in [-0.39, 0.29) is 31.3 Å². The number of benzene rings is 3. The van der Waals surface area contributed by atoms with E-state index in [4.69, 9.17) is 34.8 Å². The van der Waals surface area contributed by atoms with Gasteiger partial charge in [-0.15, -0.1) is 0 Å². The van der Waals surface area contributed by atoms with E-state index in [1.165, 1.54) is 36.4 Å². The molecule has 3 aromatic carbocycles. The Kier molecular flexibility index (Phi) is 8.23. The minimum absolute atomic E-state index is 0.00624. The first-order valence-corrected chi connectivity index (χ1v) is 14.3. The second-order valence-corrected chi connectivity index (χ2v) is 12.3. The smallest absolute Gasteiger partial charge is 0.261 e. The molecule has 0 spiro atoms. The lowest BCUT2D eigenvalue weighted by Gasteiger charge is -2.23. The summed E-state index contributed by atoms with van der Waals surface area (Å²) < 4.78 is 53.1. The molecule has 13 heteroatoms. The normalized spacial score (nSPS) is 11.7. The highest BCUT2D eigenvalue weighted by Gasteiger charge is 2.24. The summed E-state index contributed by atoms with van der Waals surface area (Å²) in [4.78, 5) is 12.6. The largest absolute Gasteiger partial charge is 0.325 e. The molecule has 0 radical (unpaired) electrons. The van der Waals surface area contributed by atoms with E-state index < -0.39 is 32.5 Å². The highest BCUT2D eigenvalue weighted by molar-refractivity contribution is 7.92. The fourth-order valence-corrected chi connectivity index (χ4v) is 5.58. The van der Waals surface area contributed by atoms with Crippen molar-refractivity contribution in [3.63, 3.8) is 0 Å². The lowest BCUT2D eigenvalue weighted by Crippen LogP contribution is -2.37. The van der Waals surface area contributed by atoms with E-state index in [2.05, 4.69) is 10.0 Å². The van der Waals surface area contributed by atoms with Gasteiger partial charge in [0.05, 0.1) is 31.9 Å². The van der Waals surface area contributed by atoms with Crippen LogP contribution < -0.4 is 14.3 Å². The first-order valence-electron chi connectivity index (χ1n) is 9.88. The van der Waals surface area contributed by atoms with Crippen LogP contribution in [0.3, 0.4) is 0 Å². The lowest BCUT2D eigenvalue weighted by atomic mass is 10.2. The van der Waals surface area contributed by atoms with Crippen molar-refractivity contribution in [3.05, 3.63) is 81.3 Å². The molecule has 1 amide bonds. The number of carbonyl (C=O) groups is 1. The predicted molar refractivity (Wildman–Crippen MR) is 141 cm³/mol. The predicted octanol–water partition coefficient (Wildman–Crippen LogP) is 5.16. The Balaban J connectivity index is 1.74. The number of nitrogens with zero attached hydrogens (tertiary/aromatic N) is 1. The molecule has 186 valence electrons. The van der Waals surface area contributed by atoms with Gasteiger partial charge in [0.1, 0.15) is 6.54 Å². The van der Waals surface area contributed by atoms with Gasteiger partial charge in [-0.3, -0.25) is 13.8 Å². The van der Waals surface area contributed by atoms with Crippen LogP contribution in [0.5, 0.6) is 0 Å². The van der Waals surface area contributed by atoms with Crippen LogP contribution in [0.2, 0.25) is 15.1 Å². The number of sulfonamides is 2. The van der Waals surface area contributed by atoms with Crippen molar-refractivity contribution in [1.82, 2.24) is 0 Å². The van der Waals surface area contributed by atoms with Crippen molar-refractivity contribution in [1.29, 1.82) is 0 Å². The van der Waals surface area contributed by atoms with Gasteiger partial charge in [0.2, 0.25) is 15.9 Å². The number of aryl methyl sites for hydroxylation is 1. The second kappa shape index (κ2) is 10.6. The average molecular weight is 577 g/mol. The molecule has 0 aliphatic carbocycles. The molecule has 3 rings (SSSR count). The van der Waals surface area contributed by atoms with Crippen LogP contribution in [0.25, 0.3) is 0 Å². The molecule has 8 nitrogen and oxygen atoms in total. The van der Waals surface area contributed by atoms with E-state index in [0.717, 1.165) is 16.1 Å². The van der Waals surface area contributed by atoms with Crippen molar-refractivity contribution in [3.8, 4) is 0 Å². The van der Waals surface area contributed by atoms with Crippen molar-refractivity contribution >= 4 is 77.8 Å². The van der Waals surface area contributed by atoms with Gasteiger partial charge in [-0.25, -0.2) is 16.8 Å². The second-order valence-electron chi connectivity index (χ2n) is 7.53. The Bertz CT molecular complexity index is 1460. The summed E-state index contributed by atoms with van der Waals surface area (Å²) in [6, 6.07) is 14.8. The molecule has 0 bridgehead atoms. The van der Waals surface area contributed by atoms with Crippen molar-refractivity contribution in [2.75, 3.05) is 27.1 Å². The third-order valence-corrected chi connectivity index (χ3v) is 8.25. The first kappa shape index (κ1) is 27.1. The van der Waals surface area contributed by atoms with Crippen LogP contribution in [-0.2, 0) is 24.8 Å². The van der Waals surface area contributed by atoms with Gasteiger partial charge in [-0.1, -0.05) is 52.5 Å². The van der Waals surface area contributed by atoms with Crippen LogP contribution in [0.4, 0.5) is 17.1 Å². The number of carbonyl (C=O) groups excluding carboxylic acids is 1. The third kappa shape index (κ3) is 7.02. The molecule has 3 aromatic rings. The Hall–Kier alpha value is -2.50. The Morgan fingerprint density at radius 2 is 1.37 bits per heavy atom. The molecule has 0 fully saturated rings. The summed E-state index contributed by atoms with van der Waals surface area (Å²) in [7, 11) is -7.76. The maximum absolute atomic E-state index is 12.6. The molecule has 0 aliphatic rings. The molecule has 0 aliphatic heterocycles. The standard InChI is InChI=1S/C22H20Cl3N3O5S2/c1-14-3-5-16(6-4-14)27-35(32,33)17-9-7-15(8-10-17)26-22(29)13-28(34(2,30)31)21-12-19(24)18(23)11-20(21)25/h3-12,27H,13H2,1-2H3,(H,26,29). The van der Waals surface area contributed by atoms with Gasteiger partial charge >= 0.3 is 0 Å². The quantitative estimate of drug-likeness (QED) is 0.360. The molecule has 0 saturated heterocycles. The van der Waals surface area contributed by atoms with Crippen LogP contribution in [0, 0.1) is 6.92 Å². The maximum atomic E-state index is 12.6. The van der Waals surface area contributed by atoms with Gasteiger partial charge in [0.25, 0.3) is 10.0 Å². The average Bonchev–Trinajstić information content (AvgIpc) is 2.76. The van der Waals surface area contributed by atoms with Gasteiger partial charge in [-0.05, 0) is 55.5 Å². The zero-order valence-corrected chi connectivity index (χ0v) is 22.3. The van der Waals surface area contributed by atoms with Crippen LogP contribution >= 0.6 is 34.8 Å². The molecular weight excluding hydrogens is 557 g/mol.